The first-order chi connectivity index (χ1) is 7.25. The number of nitrogens with one attached hydrogen (secondary N) is 1. The van der Waals surface area contributed by atoms with E-state index in [-0.39, 0.29) is 12.4 Å². The Kier molecular flexibility index (Phi) is 5.04. The highest BCUT2D eigenvalue weighted by molar-refractivity contribution is 5.85. The zero-order valence-corrected chi connectivity index (χ0v) is 10.8. The van der Waals surface area contributed by atoms with Crippen LogP contribution in [0.2, 0.25) is 0 Å². The Morgan fingerprint density at radius 1 is 1.38 bits per heavy atom. The molecule has 1 aliphatic rings. The van der Waals surface area contributed by atoms with Gasteiger partial charge in [0.15, 0.2) is 0 Å². The maximum absolute atomic E-state index is 3.56. The summed E-state index contributed by atoms with van der Waals surface area (Å²) in [6, 6.07) is 11.3. The lowest BCUT2D eigenvalue weighted by Crippen LogP contribution is -2.19. The monoisotopic (exact) mass is 237 g/mol. The standard InChI is InChI=1S/C14H19N.ClH/c1-11(10-15-14-9-12(14)2)8-13-6-4-3-5-7-13;/h3-8,12,14-15H,9-10H2,1-2H3;1H/b11-8+;. The van der Waals surface area contributed by atoms with Crippen LogP contribution in [0.5, 0.6) is 0 Å². The number of hydrogen-bond donors (Lipinski definition) is 1. The Balaban J connectivity index is 0.00000128. The van der Waals surface area contributed by atoms with Gasteiger partial charge in [-0.15, -0.1) is 12.4 Å². The molecular weight excluding hydrogens is 218 g/mol. The van der Waals surface area contributed by atoms with Crippen LogP contribution in [-0.4, -0.2) is 12.6 Å². The number of benzene rings is 1. The van der Waals surface area contributed by atoms with E-state index in [0.29, 0.717) is 0 Å². The average molecular weight is 238 g/mol. The number of hydrogen-bond acceptors (Lipinski definition) is 1. The van der Waals surface area contributed by atoms with Gasteiger partial charge in [-0.2, -0.15) is 0 Å². The first-order valence-corrected chi connectivity index (χ1v) is 5.71. The predicted octanol–water partition coefficient (Wildman–Crippen LogP) is 3.51. The fraction of sp³-hybridized carbons (Fsp3) is 0.429. The molecule has 2 rings (SSSR count). The van der Waals surface area contributed by atoms with E-state index in [4.69, 9.17) is 0 Å². The smallest absolute Gasteiger partial charge is 0.0167 e. The van der Waals surface area contributed by atoms with Gasteiger partial charge in [-0.3, -0.25) is 0 Å². The zero-order valence-electron chi connectivity index (χ0n) is 9.94. The summed E-state index contributed by atoms with van der Waals surface area (Å²) in [7, 11) is 0. The molecule has 0 aliphatic heterocycles. The van der Waals surface area contributed by atoms with Gasteiger partial charge in [0.05, 0.1) is 0 Å². The molecule has 0 saturated heterocycles. The van der Waals surface area contributed by atoms with Gasteiger partial charge >= 0.3 is 0 Å². The number of rotatable bonds is 4. The van der Waals surface area contributed by atoms with E-state index in [9.17, 15) is 0 Å². The highest BCUT2D eigenvalue weighted by Crippen LogP contribution is 2.28. The van der Waals surface area contributed by atoms with Crippen LogP contribution in [0.15, 0.2) is 35.9 Å². The molecule has 0 heterocycles. The molecule has 2 unspecified atom stereocenters. The molecular formula is C14H20ClN. The van der Waals surface area contributed by atoms with Crippen LogP contribution in [0.4, 0.5) is 0 Å². The van der Waals surface area contributed by atoms with Crippen LogP contribution in [-0.2, 0) is 0 Å². The lowest BCUT2D eigenvalue weighted by Gasteiger charge is -2.03. The second-order valence-corrected chi connectivity index (χ2v) is 4.60. The fourth-order valence-electron chi connectivity index (χ4n) is 1.78. The molecule has 0 bridgehead atoms. The summed E-state index contributed by atoms with van der Waals surface area (Å²) < 4.78 is 0. The van der Waals surface area contributed by atoms with Crippen molar-refractivity contribution in [1.82, 2.24) is 5.32 Å². The second kappa shape index (κ2) is 6.07. The fourth-order valence-corrected chi connectivity index (χ4v) is 1.78. The minimum Gasteiger partial charge on any atom is -0.310 e. The van der Waals surface area contributed by atoms with Gasteiger partial charge in [0.25, 0.3) is 0 Å². The average Bonchev–Trinajstić information content (AvgIpc) is 2.93. The lowest BCUT2D eigenvalue weighted by atomic mass is 10.1. The van der Waals surface area contributed by atoms with E-state index in [0.717, 1.165) is 18.5 Å². The molecule has 2 heteroatoms. The van der Waals surface area contributed by atoms with Crippen molar-refractivity contribution >= 4 is 18.5 Å². The lowest BCUT2D eigenvalue weighted by molar-refractivity contribution is 0.692. The van der Waals surface area contributed by atoms with Gasteiger partial charge in [0, 0.05) is 12.6 Å². The van der Waals surface area contributed by atoms with Gasteiger partial charge in [-0.25, -0.2) is 0 Å². The molecule has 88 valence electrons. The molecule has 0 amide bonds. The van der Waals surface area contributed by atoms with Gasteiger partial charge < -0.3 is 5.32 Å². The third-order valence-electron chi connectivity index (χ3n) is 2.97. The Morgan fingerprint density at radius 3 is 2.56 bits per heavy atom. The highest BCUT2D eigenvalue weighted by atomic mass is 35.5. The third kappa shape index (κ3) is 3.99. The van der Waals surface area contributed by atoms with Crippen molar-refractivity contribution in [2.45, 2.75) is 26.3 Å². The van der Waals surface area contributed by atoms with Crippen molar-refractivity contribution < 1.29 is 0 Å². The summed E-state index contributed by atoms with van der Waals surface area (Å²) in [6.45, 7) is 5.50. The Labute approximate surface area is 104 Å². The van der Waals surface area contributed by atoms with Gasteiger partial charge in [0.1, 0.15) is 0 Å². The topological polar surface area (TPSA) is 12.0 Å². The minimum atomic E-state index is 0. The van der Waals surface area contributed by atoms with Crippen LogP contribution in [0, 0.1) is 5.92 Å². The minimum absolute atomic E-state index is 0. The summed E-state index contributed by atoms with van der Waals surface area (Å²) in [5.74, 6) is 0.884. The first kappa shape index (κ1) is 13.3. The maximum Gasteiger partial charge on any atom is 0.0167 e. The van der Waals surface area contributed by atoms with Crippen molar-refractivity contribution in [3.63, 3.8) is 0 Å². The van der Waals surface area contributed by atoms with Crippen molar-refractivity contribution in [3.8, 4) is 0 Å². The zero-order chi connectivity index (χ0) is 10.7. The van der Waals surface area contributed by atoms with Gasteiger partial charge in [0.2, 0.25) is 0 Å². The molecule has 1 nitrogen and oxygen atoms in total. The van der Waals surface area contributed by atoms with E-state index in [1.54, 1.807) is 0 Å². The Morgan fingerprint density at radius 2 is 2.00 bits per heavy atom. The van der Waals surface area contributed by atoms with E-state index in [1.165, 1.54) is 17.6 Å². The molecule has 1 N–H and O–H groups in total. The number of halogens is 1. The molecule has 0 aromatic heterocycles. The van der Waals surface area contributed by atoms with Gasteiger partial charge in [-0.1, -0.05) is 48.9 Å². The largest absolute Gasteiger partial charge is 0.310 e. The van der Waals surface area contributed by atoms with Crippen molar-refractivity contribution in [1.29, 1.82) is 0 Å². The molecule has 1 aromatic rings. The van der Waals surface area contributed by atoms with E-state index >= 15 is 0 Å². The predicted molar refractivity (Wildman–Crippen MR) is 72.9 cm³/mol. The summed E-state index contributed by atoms with van der Waals surface area (Å²) in [6.07, 6.45) is 3.60. The maximum atomic E-state index is 3.56. The molecule has 0 spiro atoms. The molecule has 0 radical (unpaired) electrons. The van der Waals surface area contributed by atoms with E-state index in [2.05, 4.69) is 55.6 Å². The van der Waals surface area contributed by atoms with E-state index in [1.807, 2.05) is 0 Å². The second-order valence-electron chi connectivity index (χ2n) is 4.60. The highest BCUT2D eigenvalue weighted by Gasteiger charge is 2.31. The van der Waals surface area contributed by atoms with Crippen molar-refractivity contribution in [2.24, 2.45) is 5.92 Å². The molecule has 1 fully saturated rings. The molecule has 1 aromatic carbocycles. The molecule has 16 heavy (non-hydrogen) atoms. The Bertz CT molecular complexity index is 345. The van der Waals surface area contributed by atoms with Crippen LogP contribution in [0.3, 0.4) is 0 Å². The first-order valence-electron chi connectivity index (χ1n) is 5.71. The van der Waals surface area contributed by atoms with Crippen molar-refractivity contribution in [3.05, 3.63) is 41.5 Å². The Hall–Kier alpha value is -0.790. The van der Waals surface area contributed by atoms with Crippen molar-refractivity contribution in [2.75, 3.05) is 6.54 Å². The molecule has 2 atom stereocenters. The van der Waals surface area contributed by atoms with Crippen LogP contribution in [0.25, 0.3) is 6.08 Å². The van der Waals surface area contributed by atoms with Gasteiger partial charge in [-0.05, 0) is 24.8 Å². The molecule has 1 saturated carbocycles. The van der Waals surface area contributed by atoms with Crippen LogP contribution in [0.1, 0.15) is 25.8 Å². The summed E-state index contributed by atoms with van der Waals surface area (Å²) in [4.78, 5) is 0. The summed E-state index contributed by atoms with van der Waals surface area (Å²) >= 11 is 0. The van der Waals surface area contributed by atoms with E-state index < -0.39 is 0 Å². The van der Waals surface area contributed by atoms with Crippen LogP contribution >= 0.6 is 12.4 Å². The summed E-state index contributed by atoms with van der Waals surface area (Å²) in [5, 5.41) is 3.56. The molecule has 1 aliphatic carbocycles. The van der Waals surface area contributed by atoms with Crippen LogP contribution < -0.4 is 5.32 Å². The quantitative estimate of drug-likeness (QED) is 0.845. The summed E-state index contributed by atoms with van der Waals surface area (Å²) in [5.41, 5.74) is 2.70. The third-order valence-corrected chi connectivity index (χ3v) is 2.97. The normalized spacial score (nSPS) is 23.8. The SMILES string of the molecule is C/C(=C\c1ccccc1)CNC1CC1C.Cl.